The highest BCUT2D eigenvalue weighted by molar-refractivity contribution is 5.89. The fourth-order valence-corrected chi connectivity index (χ4v) is 10.0. The molecule has 0 saturated carbocycles. The Bertz CT molecular complexity index is 2250. The monoisotopic (exact) mass is 660 g/mol. The summed E-state index contributed by atoms with van der Waals surface area (Å²) in [6, 6.07) is 73.2. The van der Waals surface area contributed by atoms with Crippen molar-refractivity contribution in [2.75, 3.05) is 0 Å². The van der Waals surface area contributed by atoms with Gasteiger partial charge in [0.05, 0.1) is 0 Å². The molecule has 0 nitrogen and oxygen atoms in total. The summed E-state index contributed by atoms with van der Waals surface area (Å²) in [5.41, 5.74) is 22.1. The van der Waals surface area contributed by atoms with Gasteiger partial charge in [-0.25, -0.2) is 0 Å². The Hall–Kier alpha value is -6.24. The van der Waals surface area contributed by atoms with E-state index in [1.165, 1.54) is 89.0 Å². The third-order valence-electron chi connectivity index (χ3n) is 12.1. The first-order valence-corrected chi connectivity index (χ1v) is 18.6. The van der Waals surface area contributed by atoms with Crippen molar-refractivity contribution in [3.05, 3.63) is 239 Å². The molecule has 0 fully saturated rings. The van der Waals surface area contributed by atoms with Crippen LogP contribution in [0.3, 0.4) is 0 Å². The molecule has 0 amide bonds. The molecule has 0 atom stereocenters. The van der Waals surface area contributed by atoms with Crippen molar-refractivity contribution < 1.29 is 0 Å². The van der Waals surface area contributed by atoms with Gasteiger partial charge in [0.15, 0.2) is 0 Å². The van der Waals surface area contributed by atoms with Crippen LogP contribution in [0.15, 0.2) is 194 Å². The molecule has 4 bridgehead atoms. The maximum absolute atomic E-state index is 2.59. The van der Waals surface area contributed by atoms with Gasteiger partial charge in [0, 0.05) is 23.7 Å². The molecule has 6 aliphatic rings. The first-order valence-electron chi connectivity index (χ1n) is 18.6. The molecule has 6 aliphatic carbocycles. The summed E-state index contributed by atoms with van der Waals surface area (Å²) in [5, 5.41) is 0. The molecule has 0 aromatic heterocycles. The zero-order valence-corrected chi connectivity index (χ0v) is 28.8. The maximum Gasteiger partial charge on any atom is 0.0205 e. The predicted octanol–water partition coefficient (Wildman–Crippen LogP) is 13.2. The van der Waals surface area contributed by atoms with Gasteiger partial charge >= 0.3 is 0 Å². The highest BCUT2D eigenvalue weighted by Crippen LogP contribution is 2.65. The molecule has 8 aromatic carbocycles. The van der Waals surface area contributed by atoms with Gasteiger partial charge in [-0.1, -0.05) is 170 Å². The number of hydrogen-bond donors (Lipinski definition) is 0. The molecule has 0 unspecified atom stereocenters. The van der Waals surface area contributed by atoms with Crippen molar-refractivity contribution in [1.29, 1.82) is 0 Å². The summed E-state index contributed by atoms with van der Waals surface area (Å²) >= 11 is 0. The third-order valence-corrected chi connectivity index (χ3v) is 12.1. The summed E-state index contributed by atoms with van der Waals surface area (Å²) in [6.07, 6.45) is 0. The third kappa shape index (κ3) is 4.34. The van der Waals surface area contributed by atoms with Crippen LogP contribution in [0.5, 0.6) is 0 Å². The van der Waals surface area contributed by atoms with Crippen LogP contribution in [0.25, 0.3) is 44.5 Å². The van der Waals surface area contributed by atoms with Crippen LogP contribution < -0.4 is 0 Å². The van der Waals surface area contributed by atoms with Crippen LogP contribution >= 0.6 is 0 Å². The topological polar surface area (TPSA) is 0 Å². The van der Waals surface area contributed by atoms with E-state index in [0.717, 1.165) is 0 Å². The standard InChI is InChI=1S/C52H36/c1-5-17-33(18-6-1)41-29-45-46(30-42(41)34-19-7-2-8-20-34)52-48-32-44(36-23-11-4-12-24-36)43(35-21-9-3-10-22-35)31-47(48)51(45)49-37-25-13-15-27-39(37)50(52)40-28-16-14-26-38(40)49/h1-32,49-52H. The second-order valence-electron chi connectivity index (χ2n) is 14.7. The molecule has 244 valence electrons. The van der Waals surface area contributed by atoms with Crippen molar-refractivity contribution in [3.8, 4) is 44.5 Å². The highest BCUT2D eigenvalue weighted by Gasteiger charge is 2.50. The number of hydrogen-bond acceptors (Lipinski definition) is 0. The molecule has 0 radical (unpaired) electrons. The van der Waals surface area contributed by atoms with Gasteiger partial charge < -0.3 is 0 Å². The van der Waals surface area contributed by atoms with E-state index in [2.05, 4.69) is 194 Å². The van der Waals surface area contributed by atoms with Crippen LogP contribution in [0.4, 0.5) is 0 Å². The van der Waals surface area contributed by atoms with Crippen molar-refractivity contribution in [2.24, 2.45) is 0 Å². The Labute approximate surface area is 305 Å². The summed E-state index contributed by atoms with van der Waals surface area (Å²) < 4.78 is 0. The molecule has 0 spiro atoms. The van der Waals surface area contributed by atoms with E-state index >= 15 is 0 Å². The van der Waals surface area contributed by atoms with E-state index in [1.54, 1.807) is 0 Å². The molecule has 0 heterocycles. The first-order chi connectivity index (χ1) is 25.8. The lowest BCUT2D eigenvalue weighted by Gasteiger charge is -2.50. The van der Waals surface area contributed by atoms with Crippen molar-refractivity contribution in [1.82, 2.24) is 0 Å². The van der Waals surface area contributed by atoms with E-state index in [4.69, 9.17) is 0 Å². The molecule has 8 aromatic rings. The minimum Gasteiger partial charge on any atom is -0.0622 e. The lowest BCUT2D eigenvalue weighted by atomic mass is 9.52. The minimum absolute atomic E-state index is 0.143. The molecule has 0 aliphatic heterocycles. The average molecular weight is 661 g/mol. The maximum atomic E-state index is 2.59. The Kier molecular flexibility index (Phi) is 6.61. The molecule has 52 heavy (non-hydrogen) atoms. The van der Waals surface area contributed by atoms with Gasteiger partial charge in [-0.15, -0.1) is 0 Å². The van der Waals surface area contributed by atoms with Crippen molar-refractivity contribution in [3.63, 3.8) is 0 Å². The normalized spacial score (nSPS) is 18.8. The molecule has 0 saturated heterocycles. The summed E-state index contributed by atoms with van der Waals surface area (Å²) in [7, 11) is 0. The molecular formula is C52H36. The van der Waals surface area contributed by atoms with Gasteiger partial charge in [0.1, 0.15) is 0 Å². The van der Waals surface area contributed by atoms with E-state index < -0.39 is 0 Å². The lowest BCUT2D eigenvalue weighted by Crippen LogP contribution is -2.36. The van der Waals surface area contributed by atoms with Gasteiger partial charge in [-0.3, -0.25) is 0 Å². The second-order valence-corrected chi connectivity index (χ2v) is 14.7. The van der Waals surface area contributed by atoms with Crippen LogP contribution in [0, 0.1) is 0 Å². The predicted molar refractivity (Wildman–Crippen MR) is 215 cm³/mol. The van der Waals surface area contributed by atoms with Crippen molar-refractivity contribution >= 4 is 0 Å². The van der Waals surface area contributed by atoms with Crippen LogP contribution in [-0.2, 0) is 0 Å². The summed E-state index contributed by atoms with van der Waals surface area (Å²) in [4.78, 5) is 0. The fraction of sp³-hybridized carbons (Fsp3) is 0.0769. The fourth-order valence-electron chi connectivity index (χ4n) is 10.0. The van der Waals surface area contributed by atoms with Gasteiger partial charge in [-0.2, -0.15) is 0 Å². The molecule has 14 rings (SSSR count). The van der Waals surface area contributed by atoms with E-state index in [9.17, 15) is 0 Å². The zero-order chi connectivity index (χ0) is 34.2. The minimum atomic E-state index is 0.143. The quantitative estimate of drug-likeness (QED) is 0.176. The second kappa shape index (κ2) is 11.7. The average Bonchev–Trinajstić information content (AvgIpc) is 3.22. The van der Waals surface area contributed by atoms with Crippen LogP contribution in [0.1, 0.15) is 68.2 Å². The summed E-state index contributed by atoms with van der Waals surface area (Å²) in [6.45, 7) is 0. The van der Waals surface area contributed by atoms with Gasteiger partial charge in [0.2, 0.25) is 0 Å². The van der Waals surface area contributed by atoms with E-state index in [-0.39, 0.29) is 23.7 Å². The first kappa shape index (κ1) is 29.5. The summed E-state index contributed by atoms with van der Waals surface area (Å²) in [5.74, 6) is 0.674. The Morgan fingerprint density at radius 2 is 0.385 bits per heavy atom. The highest BCUT2D eigenvalue weighted by atomic mass is 14.5. The Morgan fingerprint density at radius 1 is 0.192 bits per heavy atom. The van der Waals surface area contributed by atoms with Gasteiger partial charge in [0.25, 0.3) is 0 Å². The van der Waals surface area contributed by atoms with E-state index in [1.807, 2.05) is 0 Å². The number of rotatable bonds is 4. The van der Waals surface area contributed by atoms with Crippen LogP contribution in [-0.4, -0.2) is 0 Å². The Balaban J connectivity index is 1.29. The zero-order valence-electron chi connectivity index (χ0n) is 28.8. The molecular weight excluding hydrogens is 625 g/mol. The van der Waals surface area contributed by atoms with Crippen molar-refractivity contribution in [2.45, 2.75) is 23.7 Å². The lowest BCUT2D eigenvalue weighted by molar-refractivity contribution is 0.530. The molecule has 0 N–H and O–H groups in total. The Morgan fingerprint density at radius 3 is 0.615 bits per heavy atom. The molecule has 0 heteroatoms. The number of benzene rings is 8. The van der Waals surface area contributed by atoms with Crippen LogP contribution in [0.2, 0.25) is 0 Å². The van der Waals surface area contributed by atoms with E-state index in [0.29, 0.717) is 0 Å². The SMILES string of the molecule is c1ccc(-c2cc3c(cc2-c2ccccc2)C2c4cc(-c5ccccc5)c(-c5ccccc5)cc4C3C3c4ccccc4C2c2ccccc23)cc1. The van der Waals surface area contributed by atoms with Gasteiger partial charge in [-0.05, 0) is 113 Å². The smallest absolute Gasteiger partial charge is 0.0205 e. The largest absolute Gasteiger partial charge is 0.0622 e.